The van der Waals surface area contributed by atoms with E-state index in [4.69, 9.17) is 14.2 Å². The molecule has 1 aliphatic heterocycles. The van der Waals surface area contributed by atoms with Gasteiger partial charge in [-0.15, -0.1) is 20.4 Å². The molecule has 2 aromatic carbocycles. The number of amides is 2. The second-order valence-corrected chi connectivity index (χ2v) is 13.9. The number of nitrogens with zero attached hydrogens (tertiary/aromatic N) is 4. The number of benzene rings is 2. The Labute approximate surface area is 275 Å². The summed E-state index contributed by atoms with van der Waals surface area (Å²) in [7, 11) is 0. The summed E-state index contributed by atoms with van der Waals surface area (Å²) in [5.41, 5.74) is 1.66. The van der Waals surface area contributed by atoms with Crippen LogP contribution >= 0.6 is 22.7 Å². The molecule has 12 nitrogen and oxygen atoms in total. The summed E-state index contributed by atoms with van der Waals surface area (Å²) in [4.78, 5) is 25.9. The van der Waals surface area contributed by atoms with Gasteiger partial charge in [-0.2, -0.15) is 0 Å². The van der Waals surface area contributed by atoms with E-state index in [1.807, 2.05) is 60.7 Å². The number of aromatic nitrogens is 4. The molecule has 1 aliphatic rings. The van der Waals surface area contributed by atoms with E-state index < -0.39 is 29.9 Å². The van der Waals surface area contributed by atoms with Gasteiger partial charge < -0.3 is 24.6 Å². The summed E-state index contributed by atoms with van der Waals surface area (Å²) < 4.78 is 17.7. The highest BCUT2D eigenvalue weighted by atomic mass is 32.1. The van der Waals surface area contributed by atoms with Crippen molar-refractivity contribution in [1.82, 2.24) is 20.4 Å². The van der Waals surface area contributed by atoms with E-state index in [1.165, 1.54) is 36.5 Å². The van der Waals surface area contributed by atoms with Crippen LogP contribution in [0.3, 0.4) is 0 Å². The van der Waals surface area contributed by atoms with Crippen LogP contribution in [-0.2, 0) is 36.6 Å². The van der Waals surface area contributed by atoms with Gasteiger partial charge in [-0.1, -0.05) is 83.3 Å². The van der Waals surface area contributed by atoms with Gasteiger partial charge in [0.1, 0.15) is 16.1 Å². The van der Waals surface area contributed by atoms with Gasteiger partial charge in [0.15, 0.2) is 17.7 Å². The third-order valence-corrected chi connectivity index (χ3v) is 8.69. The van der Waals surface area contributed by atoms with E-state index in [9.17, 15) is 14.7 Å². The average molecular weight is 667 g/mol. The molecule has 1 saturated heterocycles. The van der Waals surface area contributed by atoms with Crippen LogP contribution < -0.4 is 10.6 Å². The molecule has 0 bridgehead atoms. The number of unbranched alkanes of at least 4 members (excludes halogenated alkanes) is 1. The van der Waals surface area contributed by atoms with Gasteiger partial charge in [0.25, 0.3) is 5.91 Å². The Hall–Kier alpha value is -3.66. The van der Waals surface area contributed by atoms with Crippen molar-refractivity contribution in [2.75, 3.05) is 10.6 Å². The number of nitrogens with one attached hydrogen (secondary N) is 2. The average Bonchev–Trinajstić information content (AvgIpc) is 3.73. The highest BCUT2D eigenvalue weighted by Gasteiger charge is 2.46. The Morgan fingerprint density at radius 2 is 1.46 bits per heavy atom. The summed E-state index contributed by atoms with van der Waals surface area (Å²) in [5.74, 6) is -2.91. The van der Waals surface area contributed by atoms with Crippen LogP contribution in [0.4, 0.5) is 10.3 Å². The molecule has 0 unspecified atom stereocenters. The molecule has 3 atom stereocenters. The molecule has 2 aromatic heterocycles. The molecule has 0 saturated carbocycles. The molecule has 2 amide bonds. The number of carbonyl (C=O) groups is 2. The van der Waals surface area contributed by atoms with Crippen molar-refractivity contribution in [1.29, 1.82) is 0 Å². The van der Waals surface area contributed by atoms with Crippen molar-refractivity contribution in [3.63, 3.8) is 0 Å². The van der Waals surface area contributed by atoms with Gasteiger partial charge >= 0.3 is 0 Å². The Morgan fingerprint density at radius 3 is 2.04 bits per heavy atom. The van der Waals surface area contributed by atoms with E-state index in [0.29, 0.717) is 23.1 Å². The first kappa shape index (κ1) is 33.7. The second kappa shape index (κ2) is 14.8. The highest BCUT2D eigenvalue weighted by Crippen LogP contribution is 2.39. The quantitative estimate of drug-likeness (QED) is 0.114. The number of hydrogen-bond acceptors (Lipinski definition) is 12. The zero-order valence-electron chi connectivity index (χ0n) is 26.1. The predicted octanol–water partition coefficient (Wildman–Crippen LogP) is 5.60. The number of anilines is 2. The normalized spacial score (nSPS) is 18.3. The third kappa shape index (κ3) is 9.67. The molecule has 0 aliphatic carbocycles. The molecule has 14 heteroatoms. The maximum absolute atomic E-state index is 13.1. The lowest BCUT2D eigenvalue weighted by Crippen LogP contribution is -2.33. The summed E-state index contributed by atoms with van der Waals surface area (Å²) in [6, 6.07) is 18.8. The number of hydrogen-bond donors (Lipinski definition) is 3. The largest absolute Gasteiger partial charge is 0.366 e. The summed E-state index contributed by atoms with van der Waals surface area (Å²) in [6.45, 7) is 6.64. The summed E-state index contributed by atoms with van der Waals surface area (Å²) in [6.07, 6.45) is 1.10. The van der Waals surface area contributed by atoms with Crippen LogP contribution in [0.5, 0.6) is 0 Å². The van der Waals surface area contributed by atoms with E-state index in [2.05, 4.69) is 31.0 Å². The Kier molecular flexibility index (Phi) is 10.9. The van der Waals surface area contributed by atoms with Crippen LogP contribution in [0.2, 0.25) is 0 Å². The molecule has 0 radical (unpaired) electrons. The molecular weight excluding hydrogens is 629 g/mol. The molecule has 4 aromatic rings. The van der Waals surface area contributed by atoms with E-state index in [0.717, 1.165) is 34.0 Å². The topological polar surface area (TPSA) is 158 Å². The molecule has 3 N–H and O–H groups in total. The number of aliphatic hydroxyl groups is 1. The van der Waals surface area contributed by atoms with Gasteiger partial charge in [0, 0.05) is 12.8 Å². The van der Waals surface area contributed by atoms with Crippen LogP contribution in [0, 0.1) is 0 Å². The fourth-order valence-corrected chi connectivity index (χ4v) is 6.54. The standard InChI is InChI=1S/C32H38N6O6S2/c1-31(2,41)42-22(20-13-7-5-8-14-20)19-23(39)33-29-37-35-24(45-29)17-11-12-18-25-36-38-30(46-25)34-28(40)27-26(43-32(3,4)44-27)21-15-9-6-10-16-21/h5-10,13-16,22,26-27,41H,11-12,17-19H2,1-4H3,(H,33,37,39)(H,34,38,40)/t22-,26+,27-/m0/s1. The van der Waals surface area contributed by atoms with Crippen LogP contribution in [0.15, 0.2) is 60.7 Å². The third-order valence-electron chi connectivity index (χ3n) is 6.90. The summed E-state index contributed by atoms with van der Waals surface area (Å²) >= 11 is 2.66. The zero-order chi connectivity index (χ0) is 32.7. The van der Waals surface area contributed by atoms with E-state index >= 15 is 0 Å². The first-order valence-corrected chi connectivity index (χ1v) is 16.7. The van der Waals surface area contributed by atoms with Gasteiger partial charge in [0.2, 0.25) is 16.2 Å². The van der Waals surface area contributed by atoms with Crippen LogP contribution in [0.1, 0.15) is 80.3 Å². The Balaban J connectivity index is 1.06. The molecule has 1 fully saturated rings. The van der Waals surface area contributed by atoms with Crippen LogP contribution in [0.25, 0.3) is 0 Å². The smallest absolute Gasteiger partial charge is 0.258 e. The highest BCUT2D eigenvalue weighted by molar-refractivity contribution is 7.15. The van der Waals surface area contributed by atoms with Crippen molar-refractivity contribution in [2.45, 2.75) is 89.7 Å². The first-order chi connectivity index (χ1) is 21.9. The fourth-order valence-electron chi connectivity index (χ4n) is 4.96. The van der Waals surface area contributed by atoms with Crippen molar-refractivity contribution < 1.29 is 28.9 Å². The van der Waals surface area contributed by atoms with Gasteiger partial charge in [-0.3, -0.25) is 14.9 Å². The number of ether oxygens (including phenoxy) is 3. The number of rotatable bonds is 14. The van der Waals surface area contributed by atoms with Crippen molar-refractivity contribution in [3.05, 3.63) is 81.8 Å². The minimum Gasteiger partial charge on any atom is -0.366 e. The molecule has 5 rings (SSSR count). The predicted molar refractivity (Wildman–Crippen MR) is 174 cm³/mol. The number of aryl methyl sites for hydroxylation is 2. The maximum atomic E-state index is 13.1. The second-order valence-electron chi connectivity index (χ2n) is 11.8. The lowest BCUT2D eigenvalue weighted by atomic mass is 10.0. The zero-order valence-corrected chi connectivity index (χ0v) is 27.8. The van der Waals surface area contributed by atoms with Gasteiger partial charge in [0.05, 0.1) is 12.5 Å². The summed E-state index contributed by atoms with van der Waals surface area (Å²) in [5, 5.41) is 34.9. The lowest BCUT2D eigenvalue weighted by Gasteiger charge is -2.26. The monoisotopic (exact) mass is 666 g/mol. The molecular formula is C32H38N6O6S2. The fraction of sp³-hybridized carbons (Fsp3) is 0.438. The van der Waals surface area contributed by atoms with Gasteiger partial charge in [-0.25, -0.2) is 0 Å². The van der Waals surface area contributed by atoms with Crippen molar-refractivity contribution >= 4 is 44.8 Å². The SMILES string of the molecule is CC(C)(O)O[C@@H](CC(=O)Nc1nnc(CCCCc2nnc(NC(=O)[C@H]3OC(C)(C)O[C@@H]3c3ccccc3)s2)s1)c1ccccc1. The minimum absolute atomic E-state index is 0.0141. The van der Waals surface area contributed by atoms with E-state index in [1.54, 1.807) is 13.8 Å². The Bertz CT molecular complexity index is 1590. The van der Waals surface area contributed by atoms with E-state index in [-0.39, 0.29) is 18.2 Å². The number of carbonyl (C=O) groups excluding carboxylic acids is 2. The first-order valence-electron chi connectivity index (χ1n) is 15.1. The maximum Gasteiger partial charge on any atom is 0.258 e. The van der Waals surface area contributed by atoms with Crippen molar-refractivity contribution in [3.8, 4) is 0 Å². The minimum atomic E-state index is -1.40. The van der Waals surface area contributed by atoms with Gasteiger partial charge in [-0.05, 0) is 51.7 Å². The van der Waals surface area contributed by atoms with Crippen molar-refractivity contribution in [2.24, 2.45) is 0 Å². The molecule has 46 heavy (non-hydrogen) atoms. The lowest BCUT2D eigenvalue weighted by molar-refractivity contribution is -0.208. The molecule has 0 spiro atoms. The Morgan fingerprint density at radius 1 is 0.891 bits per heavy atom. The van der Waals surface area contributed by atoms with Crippen LogP contribution in [-0.4, -0.2) is 55.0 Å². The molecule has 3 heterocycles. The molecule has 244 valence electrons.